The van der Waals surface area contributed by atoms with Crippen LogP contribution in [0, 0.1) is 0 Å². The van der Waals surface area contributed by atoms with Gasteiger partial charge in [0.15, 0.2) is 0 Å². The zero-order valence-corrected chi connectivity index (χ0v) is 33.5. The van der Waals surface area contributed by atoms with Gasteiger partial charge in [-0.1, -0.05) is 24.3 Å². The van der Waals surface area contributed by atoms with Crippen LogP contribution in [0.15, 0.2) is 95.1 Å². The lowest BCUT2D eigenvalue weighted by Crippen LogP contribution is -2.26. The van der Waals surface area contributed by atoms with Gasteiger partial charge in [-0.2, -0.15) is 0 Å². The van der Waals surface area contributed by atoms with Gasteiger partial charge < -0.3 is 41.9 Å². The molecule has 17 nitrogen and oxygen atoms in total. The summed E-state index contributed by atoms with van der Waals surface area (Å²) >= 11 is 0. The van der Waals surface area contributed by atoms with Crippen molar-refractivity contribution < 1.29 is 49.0 Å². The number of nitrogens with one attached hydrogen (secondary N) is 2. The number of anilines is 4. The van der Waals surface area contributed by atoms with Crippen molar-refractivity contribution in [2.75, 3.05) is 51.4 Å². The molecule has 304 valence electrons. The molecule has 0 saturated carbocycles. The molecule has 0 radical (unpaired) electrons. The molecule has 0 fully saturated rings. The minimum absolute atomic E-state index is 0.314. The van der Waals surface area contributed by atoms with E-state index in [0.29, 0.717) is 68.0 Å². The van der Waals surface area contributed by atoms with E-state index in [-0.39, 0.29) is 0 Å². The van der Waals surface area contributed by atoms with Gasteiger partial charge in [0.1, 0.15) is 23.0 Å². The summed E-state index contributed by atoms with van der Waals surface area (Å²) in [6.07, 6.45) is 6.27. The second-order valence-electron chi connectivity index (χ2n) is 11.4. The predicted octanol–water partition coefficient (Wildman–Crippen LogP) is 3.76. The lowest BCUT2D eigenvalue weighted by atomic mass is 10.2. The highest BCUT2D eigenvalue weighted by molar-refractivity contribution is 8.07. The van der Waals surface area contributed by atoms with E-state index >= 15 is 0 Å². The Balaban J connectivity index is 0.000000306. The average molecular weight is 843 g/mol. The fourth-order valence-electron chi connectivity index (χ4n) is 4.53. The van der Waals surface area contributed by atoms with Gasteiger partial charge in [0.2, 0.25) is 20.0 Å². The summed E-state index contributed by atoms with van der Waals surface area (Å²) in [6, 6.07) is 19.0. The van der Waals surface area contributed by atoms with E-state index in [1.807, 2.05) is 4.72 Å². The number of nitrogen functional groups attached to an aromatic ring is 4. The molecule has 1 amide bonds. The van der Waals surface area contributed by atoms with Crippen molar-refractivity contribution in [2.45, 2.75) is 0 Å². The zero-order valence-electron chi connectivity index (χ0n) is 31.1. The standard InChI is InChI=1S/C19H21N3O5S.C18H21N3O6S2/c1-26-17-6-3-13(11-15(17)20)5-8-19(23)22-28(24,25)10-9-14-4-7-18(27-2)16(21)12-14;1-26-17-5-3-13(11-15(17)19)7-9-28(22,23)21-29(24,25)10-8-14-4-6-18(27-2)16(20)12-14/h3-12H,20-21H2,1-2H3,(H,22,23);3-12,21H,19-20H2,1-2H3. The first-order valence-electron chi connectivity index (χ1n) is 16.1. The molecular weight excluding hydrogens is 801 g/mol. The highest BCUT2D eigenvalue weighted by atomic mass is 32.3. The third-order valence-electron chi connectivity index (χ3n) is 7.24. The Morgan fingerprint density at radius 3 is 1.04 bits per heavy atom. The van der Waals surface area contributed by atoms with Gasteiger partial charge in [-0.15, -0.1) is 4.13 Å². The second kappa shape index (κ2) is 19.9. The number of carbonyl (C=O) groups is 1. The Hall–Kier alpha value is -6.48. The minimum Gasteiger partial charge on any atom is -0.495 e. The number of sulfonamides is 3. The molecule has 57 heavy (non-hydrogen) atoms. The molecule has 0 spiro atoms. The van der Waals surface area contributed by atoms with E-state index in [1.54, 1.807) is 64.8 Å². The van der Waals surface area contributed by atoms with Crippen LogP contribution in [0.4, 0.5) is 22.7 Å². The number of nitrogens with two attached hydrogens (primary N) is 4. The third kappa shape index (κ3) is 14.6. The van der Waals surface area contributed by atoms with Crippen molar-refractivity contribution in [3.05, 3.63) is 117 Å². The van der Waals surface area contributed by atoms with Crippen LogP contribution in [0.2, 0.25) is 0 Å². The van der Waals surface area contributed by atoms with E-state index in [0.717, 1.165) is 22.3 Å². The summed E-state index contributed by atoms with van der Waals surface area (Å²) < 4.78 is 96.0. The van der Waals surface area contributed by atoms with Crippen molar-refractivity contribution >= 4 is 83.0 Å². The van der Waals surface area contributed by atoms with Crippen molar-refractivity contribution in [1.29, 1.82) is 0 Å². The molecule has 0 atom stereocenters. The maximum absolute atomic E-state index is 12.1. The van der Waals surface area contributed by atoms with Crippen LogP contribution in [-0.4, -0.2) is 59.6 Å². The van der Waals surface area contributed by atoms with Gasteiger partial charge in [-0.25, -0.2) is 30.0 Å². The Bertz CT molecular complexity index is 2450. The monoisotopic (exact) mass is 842 g/mol. The molecule has 0 aliphatic rings. The summed E-state index contributed by atoms with van der Waals surface area (Å²) in [5.74, 6) is 1.07. The van der Waals surface area contributed by atoms with Crippen LogP contribution < -0.4 is 50.7 Å². The van der Waals surface area contributed by atoms with Gasteiger partial charge >= 0.3 is 0 Å². The molecule has 0 aliphatic heterocycles. The summed E-state index contributed by atoms with van der Waals surface area (Å²) in [4.78, 5) is 11.9. The first kappa shape index (κ1) is 44.9. The Morgan fingerprint density at radius 2 is 0.754 bits per heavy atom. The second-order valence-corrected chi connectivity index (χ2v) is 16.4. The number of carbonyl (C=O) groups excluding carboxylic acids is 1. The Morgan fingerprint density at radius 1 is 0.474 bits per heavy atom. The van der Waals surface area contributed by atoms with Gasteiger partial charge in [0.25, 0.3) is 15.9 Å². The molecule has 4 rings (SSSR count). The van der Waals surface area contributed by atoms with Crippen LogP contribution >= 0.6 is 0 Å². The predicted molar refractivity (Wildman–Crippen MR) is 224 cm³/mol. The van der Waals surface area contributed by atoms with Crippen LogP contribution in [0.1, 0.15) is 22.3 Å². The number of hydrogen-bond donors (Lipinski definition) is 6. The highest BCUT2D eigenvalue weighted by Crippen LogP contribution is 2.25. The Labute approximate surface area is 331 Å². The van der Waals surface area contributed by atoms with Gasteiger partial charge in [0.05, 0.1) is 56.6 Å². The Kier molecular flexibility index (Phi) is 15.7. The topological polar surface area (TPSA) is 285 Å². The number of benzene rings is 4. The van der Waals surface area contributed by atoms with E-state index in [2.05, 4.69) is 0 Å². The molecule has 0 aromatic heterocycles. The summed E-state index contributed by atoms with van der Waals surface area (Å²) in [6.45, 7) is 0. The van der Waals surface area contributed by atoms with Crippen molar-refractivity contribution in [3.8, 4) is 23.0 Å². The van der Waals surface area contributed by atoms with Crippen molar-refractivity contribution in [1.82, 2.24) is 8.85 Å². The van der Waals surface area contributed by atoms with Gasteiger partial charge in [-0.3, -0.25) is 4.79 Å². The SMILES string of the molecule is COc1ccc(C=CC(=O)NS(=O)(=O)C=Cc2ccc(OC)c(N)c2)cc1N.COc1ccc(C=CS(=O)(=O)NS(=O)(=O)C=Cc2ccc(OC)c(N)c2)cc1N. The first-order chi connectivity index (χ1) is 26.8. The quantitative estimate of drug-likeness (QED) is 0.0734. The molecule has 4 aromatic rings. The summed E-state index contributed by atoms with van der Waals surface area (Å²) in [5, 5.41) is 2.33. The van der Waals surface area contributed by atoms with Crippen LogP contribution in [0.25, 0.3) is 24.3 Å². The molecule has 10 N–H and O–H groups in total. The van der Waals surface area contributed by atoms with Gasteiger partial charge in [-0.05, 0) is 95.1 Å². The number of hydrogen-bond acceptors (Lipinski definition) is 15. The maximum atomic E-state index is 12.1. The molecule has 0 aliphatic carbocycles. The molecular formula is C37H42N6O11S3. The lowest BCUT2D eigenvalue weighted by Gasteiger charge is -2.05. The maximum Gasteiger partial charge on any atom is 0.257 e. The average Bonchev–Trinajstić information content (AvgIpc) is 3.14. The van der Waals surface area contributed by atoms with Crippen LogP contribution in [-0.2, 0) is 34.9 Å². The smallest absolute Gasteiger partial charge is 0.257 e. The number of rotatable bonds is 15. The molecule has 4 aromatic carbocycles. The molecule has 0 unspecified atom stereocenters. The summed E-state index contributed by atoms with van der Waals surface area (Å²) in [5.41, 5.74) is 26.5. The van der Waals surface area contributed by atoms with E-state index < -0.39 is 36.0 Å². The van der Waals surface area contributed by atoms with Gasteiger partial charge in [0, 0.05) is 16.9 Å². The molecule has 0 heterocycles. The van der Waals surface area contributed by atoms with Crippen molar-refractivity contribution in [2.24, 2.45) is 0 Å². The zero-order chi connectivity index (χ0) is 42.4. The fraction of sp³-hybridized carbons (Fsp3) is 0.108. The molecule has 0 saturated heterocycles. The van der Waals surface area contributed by atoms with E-state index in [1.165, 1.54) is 64.9 Å². The minimum atomic E-state index is -4.28. The third-order valence-corrected chi connectivity index (χ3v) is 11.1. The molecule has 20 heteroatoms. The normalized spacial score (nSPS) is 12.1. The number of ether oxygens (including phenoxy) is 4. The fourth-order valence-corrected chi connectivity index (χ4v) is 7.69. The van der Waals surface area contributed by atoms with Crippen LogP contribution in [0.3, 0.4) is 0 Å². The largest absolute Gasteiger partial charge is 0.495 e. The highest BCUT2D eigenvalue weighted by Gasteiger charge is 2.16. The first-order valence-corrected chi connectivity index (χ1v) is 20.7. The van der Waals surface area contributed by atoms with Crippen LogP contribution in [0.5, 0.6) is 23.0 Å². The lowest BCUT2D eigenvalue weighted by molar-refractivity contribution is -0.114. The summed E-state index contributed by atoms with van der Waals surface area (Å²) in [7, 11) is -6.65. The van der Waals surface area contributed by atoms with E-state index in [4.69, 9.17) is 41.9 Å². The molecule has 0 bridgehead atoms. The van der Waals surface area contributed by atoms with E-state index in [9.17, 15) is 30.0 Å². The number of methoxy groups -OCH3 is 4. The van der Waals surface area contributed by atoms with Crippen molar-refractivity contribution in [3.63, 3.8) is 0 Å². The number of amides is 1.